The summed E-state index contributed by atoms with van der Waals surface area (Å²) in [5.41, 5.74) is 0.816. The van der Waals surface area contributed by atoms with Crippen LogP contribution in [0.25, 0.3) is 0 Å². The molecule has 2 aromatic rings. The summed E-state index contributed by atoms with van der Waals surface area (Å²) < 4.78 is 32.3. The molecule has 0 fully saturated rings. The number of halogens is 1. The van der Waals surface area contributed by atoms with Crippen LogP contribution in [0, 0.1) is 11.3 Å². The average Bonchev–Trinajstić information content (AvgIpc) is 2.50. The Labute approximate surface area is 134 Å². The van der Waals surface area contributed by atoms with Crippen molar-refractivity contribution >= 4 is 27.3 Å². The molecule has 2 rings (SSSR count). The molecule has 0 spiro atoms. The van der Waals surface area contributed by atoms with Crippen LogP contribution in [-0.2, 0) is 10.0 Å². The second kappa shape index (κ2) is 6.69. The summed E-state index contributed by atoms with van der Waals surface area (Å²) >= 11 is 6.00. The second-order valence-corrected chi connectivity index (χ2v) is 6.41. The van der Waals surface area contributed by atoms with Crippen LogP contribution in [0.3, 0.4) is 0 Å². The van der Waals surface area contributed by atoms with E-state index < -0.39 is 10.0 Å². The predicted octanol–water partition coefficient (Wildman–Crippen LogP) is 3.41. The number of sulfonamides is 1. The third-order valence-electron chi connectivity index (χ3n) is 2.78. The van der Waals surface area contributed by atoms with Gasteiger partial charge in [-0.25, -0.2) is 8.42 Å². The van der Waals surface area contributed by atoms with Crippen LogP contribution >= 0.6 is 11.6 Å². The van der Waals surface area contributed by atoms with Crippen LogP contribution in [0.4, 0.5) is 5.69 Å². The van der Waals surface area contributed by atoms with Gasteiger partial charge in [0.25, 0.3) is 10.0 Å². The van der Waals surface area contributed by atoms with Crippen LogP contribution in [0.15, 0.2) is 47.4 Å². The van der Waals surface area contributed by atoms with Crippen molar-refractivity contribution in [3.8, 4) is 11.8 Å². The lowest BCUT2D eigenvalue weighted by Crippen LogP contribution is -2.13. The second-order valence-electron chi connectivity index (χ2n) is 4.32. The molecule has 0 aliphatic heterocycles. The number of nitrogens with zero attached hydrogens (tertiary/aromatic N) is 1. The smallest absolute Gasteiger partial charge is 0.261 e. The predicted molar refractivity (Wildman–Crippen MR) is 84.6 cm³/mol. The fraction of sp³-hybridized carbons (Fsp3) is 0.133. The maximum Gasteiger partial charge on any atom is 0.261 e. The molecule has 0 unspecified atom stereocenters. The van der Waals surface area contributed by atoms with Gasteiger partial charge in [-0.2, -0.15) is 5.26 Å². The highest BCUT2D eigenvalue weighted by Crippen LogP contribution is 2.28. The number of benzene rings is 2. The zero-order chi connectivity index (χ0) is 16.2. The number of hydrogen-bond donors (Lipinski definition) is 1. The van der Waals surface area contributed by atoms with Gasteiger partial charge in [0.05, 0.1) is 28.2 Å². The Morgan fingerprint density at radius 1 is 1.23 bits per heavy atom. The molecule has 0 atom stereocenters. The van der Waals surface area contributed by atoms with Gasteiger partial charge in [-0.3, -0.25) is 4.72 Å². The van der Waals surface area contributed by atoms with E-state index in [-0.39, 0.29) is 9.92 Å². The van der Waals surface area contributed by atoms with Gasteiger partial charge in [0.15, 0.2) is 0 Å². The maximum absolute atomic E-state index is 12.3. The molecule has 7 heteroatoms. The molecular formula is C15H13ClN2O3S. The fourth-order valence-corrected chi connectivity index (χ4v) is 3.13. The van der Waals surface area contributed by atoms with Crippen molar-refractivity contribution in [3.63, 3.8) is 0 Å². The van der Waals surface area contributed by atoms with E-state index in [0.717, 1.165) is 0 Å². The number of nitriles is 1. The van der Waals surface area contributed by atoms with E-state index in [9.17, 15) is 8.42 Å². The SMILES string of the molecule is CCOc1ccc(S(=O)(=O)Nc2ccc(C#N)cc2)cc1Cl. The summed E-state index contributed by atoms with van der Waals surface area (Å²) in [6, 6.07) is 12.3. The van der Waals surface area contributed by atoms with Crippen LogP contribution in [0.5, 0.6) is 5.75 Å². The lowest BCUT2D eigenvalue weighted by atomic mass is 10.2. The molecule has 0 aromatic heterocycles. The highest BCUT2D eigenvalue weighted by atomic mass is 35.5. The number of hydrogen-bond acceptors (Lipinski definition) is 4. The van der Waals surface area contributed by atoms with Crippen molar-refractivity contribution in [1.82, 2.24) is 0 Å². The van der Waals surface area contributed by atoms with Crippen molar-refractivity contribution < 1.29 is 13.2 Å². The summed E-state index contributed by atoms with van der Waals surface area (Å²) in [5.74, 6) is 0.432. The first-order valence-electron chi connectivity index (χ1n) is 6.41. The molecule has 1 N–H and O–H groups in total. The van der Waals surface area contributed by atoms with Gasteiger partial charge < -0.3 is 4.74 Å². The van der Waals surface area contributed by atoms with Crippen molar-refractivity contribution in [3.05, 3.63) is 53.1 Å². The number of nitrogens with one attached hydrogen (secondary N) is 1. The van der Waals surface area contributed by atoms with Crippen molar-refractivity contribution in [1.29, 1.82) is 5.26 Å². The van der Waals surface area contributed by atoms with Crippen molar-refractivity contribution in [2.45, 2.75) is 11.8 Å². The highest BCUT2D eigenvalue weighted by molar-refractivity contribution is 7.92. The maximum atomic E-state index is 12.3. The molecule has 0 saturated heterocycles. The van der Waals surface area contributed by atoms with Crippen LogP contribution in [-0.4, -0.2) is 15.0 Å². The van der Waals surface area contributed by atoms with Gasteiger partial charge >= 0.3 is 0 Å². The van der Waals surface area contributed by atoms with E-state index >= 15 is 0 Å². The summed E-state index contributed by atoms with van der Waals surface area (Å²) in [6.07, 6.45) is 0. The molecule has 114 valence electrons. The molecule has 0 aliphatic rings. The quantitative estimate of drug-likeness (QED) is 0.907. The number of ether oxygens (including phenoxy) is 1. The number of rotatable bonds is 5. The van der Waals surface area contributed by atoms with Gasteiger partial charge in [0.1, 0.15) is 5.75 Å². The molecule has 0 aliphatic carbocycles. The lowest BCUT2D eigenvalue weighted by molar-refractivity contribution is 0.340. The van der Waals surface area contributed by atoms with E-state index in [1.807, 2.05) is 13.0 Å². The van der Waals surface area contributed by atoms with Crippen molar-refractivity contribution in [2.75, 3.05) is 11.3 Å². The minimum atomic E-state index is -3.76. The van der Waals surface area contributed by atoms with Gasteiger partial charge in [0, 0.05) is 5.69 Å². The van der Waals surface area contributed by atoms with Crippen LogP contribution < -0.4 is 9.46 Å². The first-order valence-corrected chi connectivity index (χ1v) is 8.27. The minimum absolute atomic E-state index is 0.0327. The topological polar surface area (TPSA) is 79.2 Å². The highest BCUT2D eigenvalue weighted by Gasteiger charge is 2.16. The van der Waals surface area contributed by atoms with E-state index in [4.69, 9.17) is 21.6 Å². The van der Waals surface area contributed by atoms with Crippen molar-refractivity contribution in [2.24, 2.45) is 0 Å². The van der Waals surface area contributed by atoms with Crippen LogP contribution in [0.1, 0.15) is 12.5 Å². The Kier molecular flexibility index (Phi) is 4.91. The summed E-state index contributed by atoms with van der Waals surface area (Å²) in [7, 11) is -3.76. The molecule has 0 bridgehead atoms. The largest absolute Gasteiger partial charge is 0.492 e. The van der Waals surface area contributed by atoms with Gasteiger partial charge in [-0.05, 0) is 49.4 Å². The molecule has 0 saturated carbocycles. The molecule has 22 heavy (non-hydrogen) atoms. The fourth-order valence-electron chi connectivity index (χ4n) is 1.75. The zero-order valence-corrected chi connectivity index (χ0v) is 13.3. The van der Waals surface area contributed by atoms with E-state index in [0.29, 0.717) is 23.6 Å². The molecule has 5 nitrogen and oxygen atoms in total. The number of anilines is 1. The van der Waals surface area contributed by atoms with Gasteiger partial charge in [0.2, 0.25) is 0 Å². The molecule has 0 amide bonds. The van der Waals surface area contributed by atoms with Crippen LogP contribution in [0.2, 0.25) is 5.02 Å². The standard InChI is InChI=1S/C15H13ClN2O3S/c1-2-21-15-8-7-13(9-14(15)16)22(19,20)18-12-5-3-11(10-17)4-6-12/h3-9,18H,2H2,1H3. The normalized spacial score (nSPS) is 10.8. The molecule has 0 radical (unpaired) electrons. The van der Waals surface area contributed by atoms with E-state index in [2.05, 4.69) is 4.72 Å². The Hall–Kier alpha value is -2.23. The zero-order valence-electron chi connectivity index (χ0n) is 11.7. The van der Waals surface area contributed by atoms with Gasteiger partial charge in [-0.1, -0.05) is 11.6 Å². The third-order valence-corrected chi connectivity index (χ3v) is 4.45. The summed E-state index contributed by atoms with van der Waals surface area (Å²) in [6.45, 7) is 2.25. The molecule has 0 heterocycles. The van der Waals surface area contributed by atoms with E-state index in [1.54, 1.807) is 0 Å². The third kappa shape index (κ3) is 3.70. The summed E-state index contributed by atoms with van der Waals surface area (Å²) in [4.78, 5) is 0.0327. The Balaban J connectivity index is 2.26. The van der Waals surface area contributed by atoms with Gasteiger partial charge in [-0.15, -0.1) is 0 Å². The molecular weight excluding hydrogens is 324 g/mol. The minimum Gasteiger partial charge on any atom is -0.492 e. The Morgan fingerprint density at radius 2 is 1.91 bits per heavy atom. The first kappa shape index (κ1) is 16.1. The summed E-state index contributed by atoms with van der Waals surface area (Å²) in [5, 5.41) is 8.95. The Morgan fingerprint density at radius 3 is 2.45 bits per heavy atom. The monoisotopic (exact) mass is 336 g/mol. The average molecular weight is 337 g/mol. The first-order chi connectivity index (χ1) is 10.5. The van der Waals surface area contributed by atoms with E-state index in [1.165, 1.54) is 42.5 Å². The molecule has 2 aromatic carbocycles. The Bertz CT molecular complexity index is 812. The lowest BCUT2D eigenvalue weighted by Gasteiger charge is -2.10.